The van der Waals surface area contributed by atoms with Crippen LogP contribution in [0, 0.1) is 0 Å². The van der Waals surface area contributed by atoms with E-state index in [1.807, 2.05) is 37.2 Å². The van der Waals surface area contributed by atoms with Gasteiger partial charge in [0.25, 0.3) is 0 Å². The lowest BCUT2D eigenvalue weighted by Gasteiger charge is -2.11. The molecule has 3 aromatic rings. The van der Waals surface area contributed by atoms with Crippen LogP contribution in [-0.2, 0) is 10.0 Å². The Kier molecular flexibility index (Phi) is 6.05. The minimum atomic E-state index is -3.52. The number of likely N-dealkylation sites (N-methyl/N-ethyl adjacent to an activating group) is 1. The number of nitrogens with one attached hydrogen (secondary N) is 2. The predicted molar refractivity (Wildman–Crippen MR) is 111 cm³/mol. The van der Waals surface area contributed by atoms with Crippen LogP contribution in [0.25, 0.3) is 10.9 Å². The standard InChI is InChI=1S/C18H20BrN5O2S/c1-24(2)10-9-21-27(25,26)16-6-4-15(5-7-16)22-18-20-12-13-11-14(19)3-8-17(13)23-18/h3-8,11-12,21H,9-10H2,1-2H3,(H,20,22,23). The number of halogens is 1. The quantitative estimate of drug-likeness (QED) is 0.576. The number of aromatic nitrogens is 2. The number of hydrogen-bond acceptors (Lipinski definition) is 6. The summed E-state index contributed by atoms with van der Waals surface area (Å²) in [7, 11) is 0.264. The molecule has 2 aromatic carbocycles. The Labute approximate surface area is 167 Å². The largest absolute Gasteiger partial charge is 0.324 e. The van der Waals surface area contributed by atoms with Crippen molar-refractivity contribution >= 4 is 48.5 Å². The number of rotatable bonds is 7. The average molecular weight is 450 g/mol. The maximum Gasteiger partial charge on any atom is 0.240 e. The Morgan fingerprint density at radius 2 is 1.85 bits per heavy atom. The maximum absolute atomic E-state index is 12.3. The monoisotopic (exact) mass is 449 g/mol. The zero-order valence-electron chi connectivity index (χ0n) is 15.0. The van der Waals surface area contributed by atoms with E-state index in [4.69, 9.17) is 0 Å². The first kappa shape index (κ1) is 19.7. The Bertz CT molecular complexity index is 1040. The Morgan fingerprint density at radius 1 is 1.11 bits per heavy atom. The molecular weight excluding hydrogens is 430 g/mol. The van der Waals surface area contributed by atoms with Crippen molar-refractivity contribution in [2.45, 2.75) is 4.90 Å². The Morgan fingerprint density at radius 3 is 2.56 bits per heavy atom. The van der Waals surface area contributed by atoms with Crippen molar-refractivity contribution in [2.75, 3.05) is 32.5 Å². The lowest BCUT2D eigenvalue weighted by Crippen LogP contribution is -2.31. The van der Waals surface area contributed by atoms with Gasteiger partial charge in [-0.1, -0.05) is 15.9 Å². The van der Waals surface area contributed by atoms with Crippen molar-refractivity contribution < 1.29 is 8.42 Å². The van der Waals surface area contributed by atoms with E-state index in [0.717, 1.165) is 15.4 Å². The van der Waals surface area contributed by atoms with E-state index in [2.05, 4.69) is 35.9 Å². The molecule has 0 saturated carbocycles. The average Bonchev–Trinajstić information content (AvgIpc) is 2.62. The molecule has 142 valence electrons. The first-order valence-corrected chi connectivity index (χ1v) is 10.5. The van der Waals surface area contributed by atoms with Crippen molar-refractivity contribution in [3.8, 4) is 0 Å². The zero-order valence-corrected chi connectivity index (χ0v) is 17.4. The fraction of sp³-hybridized carbons (Fsp3) is 0.222. The van der Waals surface area contributed by atoms with Gasteiger partial charge in [0.1, 0.15) is 0 Å². The summed E-state index contributed by atoms with van der Waals surface area (Å²) in [6.07, 6.45) is 1.74. The number of benzene rings is 2. The van der Waals surface area contributed by atoms with Crippen LogP contribution < -0.4 is 10.0 Å². The number of fused-ring (bicyclic) bond motifs is 1. The Balaban J connectivity index is 1.71. The zero-order chi connectivity index (χ0) is 19.4. The van der Waals surface area contributed by atoms with E-state index >= 15 is 0 Å². The lowest BCUT2D eigenvalue weighted by atomic mass is 10.2. The lowest BCUT2D eigenvalue weighted by molar-refractivity contribution is 0.412. The molecule has 1 heterocycles. The molecule has 0 spiro atoms. The highest BCUT2D eigenvalue weighted by Crippen LogP contribution is 2.21. The molecule has 0 aliphatic rings. The second-order valence-corrected chi connectivity index (χ2v) is 8.93. The third-order valence-electron chi connectivity index (χ3n) is 3.81. The summed E-state index contributed by atoms with van der Waals surface area (Å²) in [6.45, 7) is 0.991. The number of anilines is 2. The Hall–Kier alpha value is -2.07. The molecule has 0 bridgehead atoms. The minimum Gasteiger partial charge on any atom is -0.324 e. The molecule has 1 aromatic heterocycles. The molecular formula is C18H20BrN5O2S. The van der Waals surface area contributed by atoms with Crippen molar-refractivity contribution in [2.24, 2.45) is 0 Å². The van der Waals surface area contributed by atoms with E-state index in [1.165, 1.54) is 0 Å². The molecule has 0 amide bonds. The molecule has 0 aliphatic carbocycles. The highest BCUT2D eigenvalue weighted by molar-refractivity contribution is 9.10. The summed E-state index contributed by atoms with van der Waals surface area (Å²) in [6, 6.07) is 12.3. The predicted octanol–water partition coefficient (Wildman–Crippen LogP) is 2.98. The maximum atomic E-state index is 12.3. The third-order valence-corrected chi connectivity index (χ3v) is 5.78. The van der Waals surface area contributed by atoms with E-state index in [-0.39, 0.29) is 4.90 Å². The van der Waals surface area contributed by atoms with Crippen LogP contribution in [0.1, 0.15) is 0 Å². The first-order valence-electron chi connectivity index (χ1n) is 8.27. The van der Waals surface area contributed by atoms with Gasteiger partial charge in [-0.15, -0.1) is 0 Å². The molecule has 0 fully saturated rings. The first-order chi connectivity index (χ1) is 12.8. The van der Waals surface area contributed by atoms with Crippen molar-refractivity contribution in [1.29, 1.82) is 0 Å². The molecule has 0 unspecified atom stereocenters. The fourth-order valence-electron chi connectivity index (χ4n) is 2.40. The fourth-order valence-corrected chi connectivity index (χ4v) is 3.80. The number of sulfonamides is 1. The van der Waals surface area contributed by atoms with Crippen LogP contribution in [0.4, 0.5) is 11.6 Å². The molecule has 0 saturated heterocycles. The van der Waals surface area contributed by atoms with Gasteiger partial charge in [0.15, 0.2) is 0 Å². The van der Waals surface area contributed by atoms with E-state index < -0.39 is 10.0 Å². The van der Waals surface area contributed by atoms with E-state index in [9.17, 15) is 8.42 Å². The van der Waals surface area contributed by atoms with Crippen LogP contribution >= 0.6 is 15.9 Å². The topological polar surface area (TPSA) is 87.2 Å². The SMILES string of the molecule is CN(C)CCNS(=O)(=O)c1ccc(Nc2ncc3cc(Br)ccc3n2)cc1. The molecule has 9 heteroatoms. The van der Waals surface area contributed by atoms with Crippen LogP contribution in [0.3, 0.4) is 0 Å². The van der Waals surface area contributed by atoms with Gasteiger partial charge >= 0.3 is 0 Å². The molecule has 0 aliphatic heterocycles. The number of nitrogens with zero attached hydrogens (tertiary/aromatic N) is 3. The molecule has 7 nitrogen and oxygen atoms in total. The van der Waals surface area contributed by atoms with Crippen LogP contribution in [0.2, 0.25) is 0 Å². The summed E-state index contributed by atoms with van der Waals surface area (Å²) >= 11 is 3.42. The minimum absolute atomic E-state index is 0.219. The van der Waals surface area contributed by atoms with E-state index in [0.29, 0.717) is 24.7 Å². The van der Waals surface area contributed by atoms with Gasteiger partial charge in [0, 0.05) is 34.8 Å². The van der Waals surface area contributed by atoms with Gasteiger partial charge in [-0.05, 0) is 56.6 Å². The van der Waals surface area contributed by atoms with Gasteiger partial charge in [-0.25, -0.2) is 23.1 Å². The molecule has 3 rings (SSSR count). The van der Waals surface area contributed by atoms with Crippen molar-refractivity contribution in [3.05, 3.63) is 53.1 Å². The van der Waals surface area contributed by atoms with Gasteiger partial charge in [-0.3, -0.25) is 0 Å². The van der Waals surface area contributed by atoms with Crippen molar-refractivity contribution in [3.63, 3.8) is 0 Å². The molecule has 2 N–H and O–H groups in total. The van der Waals surface area contributed by atoms with Crippen LogP contribution in [-0.4, -0.2) is 50.5 Å². The highest BCUT2D eigenvalue weighted by Gasteiger charge is 2.13. The summed E-state index contributed by atoms with van der Waals surface area (Å²) in [5, 5.41) is 4.02. The van der Waals surface area contributed by atoms with E-state index in [1.54, 1.807) is 30.5 Å². The molecule has 0 atom stereocenters. The molecule has 0 radical (unpaired) electrons. The normalized spacial score (nSPS) is 11.9. The third kappa shape index (κ3) is 5.23. The second kappa shape index (κ2) is 8.30. The number of hydrogen-bond donors (Lipinski definition) is 2. The van der Waals surface area contributed by atoms with Crippen LogP contribution in [0.15, 0.2) is 58.0 Å². The summed E-state index contributed by atoms with van der Waals surface area (Å²) in [5.74, 6) is 0.449. The smallest absolute Gasteiger partial charge is 0.240 e. The summed E-state index contributed by atoms with van der Waals surface area (Å²) in [4.78, 5) is 10.9. The van der Waals surface area contributed by atoms with Crippen LogP contribution in [0.5, 0.6) is 0 Å². The van der Waals surface area contributed by atoms with Gasteiger partial charge in [-0.2, -0.15) is 0 Å². The van der Waals surface area contributed by atoms with Gasteiger partial charge < -0.3 is 10.2 Å². The van der Waals surface area contributed by atoms with Crippen molar-refractivity contribution in [1.82, 2.24) is 19.6 Å². The second-order valence-electron chi connectivity index (χ2n) is 6.25. The summed E-state index contributed by atoms with van der Waals surface area (Å²) in [5.41, 5.74) is 1.53. The molecule has 27 heavy (non-hydrogen) atoms. The summed E-state index contributed by atoms with van der Waals surface area (Å²) < 4.78 is 28.1. The van der Waals surface area contributed by atoms with Gasteiger partial charge in [0.05, 0.1) is 10.4 Å². The highest BCUT2D eigenvalue weighted by atomic mass is 79.9. The van der Waals surface area contributed by atoms with Gasteiger partial charge in [0.2, 0.25) is 16.0 Å².